The van der Waals surface area contributed by atoms with E-state index in [2.05, 4.69) is 5.32 Å². The summed E-state index contributed by atoms with van der Waals surface area (Å²) < 4.78 is 0. The summed E-state index contributed by atoms with van der Waals surface area (Å²) in [5.74, 6) is -0.390. The number of nitrogens with zero attached hydrogens (tertiary/aromatic N) is 1. The van der Waals surface area contributed by atoms with Crippen LogP contribution in [-0.4, -0.2) is 34.3 Å². The third-order valence-corrected chi connectivity index (χ3v) is 4.96. The van der Waals surface area contributed by atoms with E-state index in [-0.39, 0.29) is 6.03 Å². The van der Waals surface area contributed by atoms with Gasteiger partial charge in [-0.2, -0.15) is 0 Å². The van der Waals surface area contributed by atoms with E-state index in [1.807, 2.05) is 4.90 Å². The summed E-state index contributed by atoms with van der Waals surface area (Å²) in [6, 6.07) is 0.354. The molecule has 0 spiro atoms. The van der Waals surface area contributed by atoms with Crippen LogP contribution in [0.5, 0.6) is 0 Å². The molecule has 0 aromatic heterocycles. The van der Waals surface area contributed by atoms with Gasteiger partial charge in [-0.1, -0.05) is 38.5 Å². The van der Waals surface area contributed by atoms with Gasteiger partial charge < -0.3 is 4.90 Å². The van der Waals surface area contributed by atoms with E-state index < -0.39 is 11.3 Å². The number of hydrogen-bond acceptors (Lipinski definition) is 2. The Morgan fingerprint density at radius 1 is 0.952 bits per heavy atom. The number of carbonyl (C=O) groups is 2. The Labute approximate surface area is 132 Å². The topological polar surface area (TPSA) is 49.4 Å². The predicted molar refractivity (Wildman–Crippen MR) is 84.4 cm³/mol. The zero-order chi connectivity index (χ0) is 15.2. The second-order valence-corrected chi connectivity index (χ2v) is 7.06. The molecule has 0 radical (unpaired) electrons. The zero-order valence-corrected chi connectivity index (χ0v) is 13.7. The molecule has 0 bridgehead atoms. The van der Waals surface area contributed by atoms with Crippen LogP contribution in [0.25, 0.3) is 0 Å². The predicted octanol–water partition coefficient (Wildman–Crippen LogP) is 3.82. The van der Waals surface area contributed by atoms with E-state index >= 15 is 0 Å². The highest BCUT2D eigenvalue weighted by Gasteiger charge is 2.33. The van der Waals surface area contributed by atoms with Crippen LogP contribution in [0.2, 0.25) is 0 Å². The fourth-order valence-electron chi connectivity index (χ4n) is 3.62. The Bertz CT molecular complexity index is 343. The van der Waals surface area contributed by atoms with Crippen LogP contribution in [0.15, 0.2) is 0 Å². The standard InChI is InChI=1S/C16H27ClN2O2/c1-12(17)15(20)18-16(21)19(13-8-4-2-5-9-13)14-10-6-3-7-11-14/h12-14H,2-11H2,1H3,(H,18,20,21). The van der Waals surface area contributed by atoms with E-state index in [0.29, 0.717) is 12.1 Å². The lowest BCUT2D eigenvalue weighted by atomic mass is 9.89. The number of amides is 3. The molecule has 0 aromatic rings. The molecule has 1 N–H and O–H groups in total. The number of carbonyl (C=O) groups excluding carboxylic acids is 2. The van der Waals surface area contributed by atoms with Crippen LogP contribution in [0.3, 0.4) is 0 Å². The molecule has 21 heavy (non-hydrogen) atoms. The lowest BCUT2D eigenvalue weighted by molar-refractivity contribution is -0.119. The van der Waals surface area contributed by atoms with Gasteiger partial charge in [-0.15, -0.1) is 11.6 Å². The molecule has 3 amide bonds. The molecule has 0 aliphatic heterocycles. The molecule has 2 aliphatic rings. The number of urea groups is 1. The molecule has 120 valence electrons. The molecule has 2 aliphatic carbocycles. The number of rotatable bonds is 3. The van der Waals surface area contributed by atoms with Gasteiger partial charge in [0, 0.05) is 12.1 Å². The summed E-state index contributed by atoms with van der Waals surface area (Å²) in [6.07, 6.45) is 11.5. The Balaban J connectivity index is 2.06. The van der Waals surface area contributed by atoms with Crippen molar-refractivity contribution in [3.8, 4) is 0 Å². The van der Waals surface area contributed by atoms with Gasteiger partial charge in [-0.05, 0) is 32.6 Å². The molecular weight excluding hydrogens is 288 g/mol. The van der Waals surface area contributed by atoms with Crippen LogP contribution in [-0.2, 0) is 4.79 Å². The quantitative estimate of drug-likeness (QED) is 0.805. The molecule has 1 unspecified atom stereocenters. The molecule has 0 saturated heterocycles. The van der Waals surface area contributed by atoms with Crippen LogP contribution in [0.4, 0.5) is 4.79 Å². The maximum Gasteiger partial charge on any atom is 0.324 e. The summed E-state index contributed by atoms with van der Waals surface area (Å²) in [5.41, 5.74) is 0. The average molecular weight is 315 g/mol. The fraction of sp³-hybridized carbons (Fsp3) is 0.875. The lowest BCUT2D eigenvalue weighted by Gasteiger charge is -2.41. The smallest absolute Gasteiger partial charge is 0.319 e. The summed E-state index contributed by atoms with van der Waals surface area (Å²) in [7, 11) is 0. The van der Waals surface area contributed by atoms with Crippen molar-refractivity contribution < 1.29 is 9.59 Å². The minimum Gasteiger partial charge on any atom is -0.319 e. The number of imide groups is 1. The van der Waals surface area contributed by atoms with Gasteiger partial charge in [0.2, 0.25) is 5.91 Å². The average Bonchev–Trinajstić information content (AvgIpc) is 2.49. The lowest BCUT2D eigenvalue weighted by Crippen LogP contribution is -2.54. The highest BCUT2D eigenvalue weighted by Crippen LogP contribution is 2.30. The third-order valence-electron chi connectivity index (χ3n) is 4.76. The van der Waals surface area contributed by atoms with Gasteiger partial charge in [0.1, 0.15) is 5.38 Å². The second-order valence-electron chi connectivity index (χ2n) is 6.40. The summed E-state index contributed by atoms with van der Waals surface area (Å²) in [5, 5.41) is 1.82. The molecule has 0 aromatic carbocycles. The molecule has 2 saturated carbocycles. The second kappa shape index (κ2) is 8.02. The van der Waals surface area contributed by atoms with E-state index in [9.17, 15) is 9.59 Å². The van der Waals surface area contributed by atoms with Crippen molar-refractivity contribution in [1.29, 1.82) is 0 Å². The largest absolute Gasteiger partial charge is 0.324 e. The van der Waals surface area contributed by atoms with Gasteiger partial charge in [0.25, 0.3) is 0 Å². The Kier molecular flexibility index (Phi) is 6.34. The molecule has 2 rings (SSSR count). The Morgan fingerprint density at radius 3 is 1.76 bits per heavy atom. The molecular formula is C16H27ClN2O2. The molecule has 4 nitrogen and oxygen atoms in total. The van der Waals surface area contributed by atoms with Crippen molar-refractivity contribution >= 4 is 23.5 Å². The molecule has 0 heterocycles. The van der Waals surface area contributed by atoms with Gasteiger partial charge in [0.05, 0.1) is 0 Å². The first kappa shape index (κ1) is 16.6. The monoisotopic (exact) mass is 314 g/mol. The Morgan fingerprint density at radius 2 is 1.38 bits per heavy atom. The number of halogens is 1. The van der Waals surface area contributed by atoms with Crippen LogP contribution >= 0.6 is 11.6 Å². The van der Waals surface area contributed by atoms with E-state index in [0.717, 1.165) is 25.7 Å². The van der Waals surface area contributed by atoms with Gasteiger partial charge in [0.15, 0.2) is 0 Å². The summed E-state index contributed by atoms with van der Waals surface area (Å²) >= 11 is 5.77. The highest BCUT2D eigenvalue weighted by atomic mass is 35.5. The van der Waals surface area contributed by atoms with Gasteiger partial charge >= 0.3 is 6.03 Å². The number of nitrogens with one attached hydrogen (secondary N) is 1. The van der Waals surface area contributed by atoms with Crippen LogP contribution < -0.4 is 5.32 Å². The van der Waals surface area contributed by atoms with Crippen molar-refractivity contribution in [2.75, 3.05) is 0 Å². The third kappa shape index (κ3) is 4.60. The SMILES string of the molecule is CC(Cl)C(=O)NC(=O)N(C1CCCCC1)C1CCCCC1. The van der Waals surface area contributed by atoms with Crippen LogP contribution in [0.1, 0.15) is 71.1 Å². The summed E-state index contributed by atoms with van der Waals surface area (Å²) in [6.45, 7) is 1.59. The molecule has 1 atom stereocenters. The minimum absolute atomic E-state index is 0.230. The first-order valence-electron chi connectivity index (χ1n) is 8.37. The number of alkyl halides is 1. The van der Waals surface area contributed by atoms with E-state index in [4.69, 9.17) is 11.6 Å². The normalized spacial score (nSPS) is 22.6. The van der Waals surface area contributed by atoms with Crippen LogP contribution in [0, 0.1) is 0 Å². The first-order valence-corrected chi connectivity index (χ1v) is 8.80. The van der Waals surface area contributed by atoms with Gasteiger partial charge in [-0.3, -0.25) is 10.1 Å². The van der Waals surface area contributed by atoms with Crippen molar-refractivity contribution in [1.82, 2.24) is 10.2 Å². The highest BCUT2D eigenvalue weighted by molar-refractivity contribution is 6.31. The van der Waals surface area contributed by atoms with E-state index in [1.54, 1.807) is 6.92 Å². The first-order chi connectivity index (χ1) is 10.1. The molecule has 5 heteroatoms. The van der Waals surface area contributed by atoms with Crippen molar-refractivity contribution in [3.63, 3.8) is 0 Å². The summed E-state index contributed by atoms with van der Waals surface area (Å²) in [4.78, 5) is 26.3. The maximum atomic E-state index is 12.6. The number of hydrogen-bond donors (Lipinski definition) is 1. The molecule has 2 fully saturated rings. The Hall–Kier alpha value is -0.770. The minimum atomic E-state index is -0.673. The van der Waals surface area contributed by atoms with Crippen molar-refractivity contribution in [2.24, 2.45) is 0 Å². The van der Waals surface area contributed by atoms with Crippen molar-refractivity contribution in [2.45, 2.75) is 88.6 Å². The van der Waals surface area contributed by atoms with Crippen molar-refractivity contribution in [3.05, 3.63) is 0 Å². The fourth-order valence-corrected chi connectivity index (χ4v) is 3.67. The van der Waals surface area contributed by atoms with Gasteiger partial charge in [-0.25, -0.2) is 4.79 Å². The zero-order valence-electron chi connectivity index (χ0n) is 12.9. The maximum absolute atomic E-state index is 12.6. The van der Waals surface area contributed by atoms with E-state index in [1.165, 1.54) is 38.5 Å².